The Hall–Kier alpha value is -1.81. The van der Waals surface area contributed by atoms with Gasteiger partial charge in [0.2, 0.25) is 0 Å². The summed E-state index contributed by atoms with van der Waals surface area (Å²) in [5.41, 5.74) is 2.17. The second kappa shape index (κ2) is 8.47. The molecule has 1 aliphatic rings. The first kappa shape index (κ1) is 15.6. The van der Waals surface area contributed by atoms with Crippen LogP contribution in [0.15, 0.2) is 36.4 Å². The van der Waals surface area contributed by atoms with Crippen molar-refractivity contribution in [1.82, 2.24) is 10.6 Å². The van der Waals surface area contributed by atoms with E-state index >= 15 is 0 Å². The molecule has 0 radical (unpaired) electrons. The average molecular weight is 288 g/mol. The van der Waals surface area contributed by atoms with Crippen LogP contribution in [0.5, 0.6) is 0 Å². The van der Waals surface area contributed by atoms with E-state index in [4.69, 9.17) is 5.11 Å². The zero-order chi connectivity index (χ0) is 14.9. The van der Waals surface area contributed by atoms with Crippen LogP contribution in [-0.2, 0) is 13.0 Å². The molecule has 114 valence electrons. The summed E-state index contributed by atoms with van der Waals surface area (Å²) in [7, 11) is 0. The maximum absolute atomic E-state index is 11.9. The van der Waals surface area contributed by atoms with Gasteiger partial charge in [0, 0.05) is 19.2 Å². The minimum absolute atomic E-state index is 0.0960. The van der Waals surface area contributed by atoms with Crippen LogP contribution >= 0.6 is 0 Å². The van der Waals surface area contributed by atoms with Gasteiger partial charge in [-0.1, -0.05) is 36.4 Å². The highest BCUT2D eigenvalue weighted by Gasteiger charge is 2.12. The second-order valence-corrected chi connectivity index (χ2v) is 5.44. The van der Waals surface area contributed by atoms with Gasteiger partial charge in [0.05, 0.1) is 0 Å². The number of hydrogen-bond donors (Lipinski definition) is 3. The van der Waals surface area contributed by atoms with Crippen LogP contribution < -0.4 is 10.6 Å². The number of allylic oxidation sites excluding steroid dienone is 2. The van der Waals surface area contributed by atoms with Crippen LogP contribution in [0.1, 0.15) is 36.8 Å². The highest BCUT2D eigenvalue weighted by atomic mass is 16.3. The zero-order valence-corrected chi connectivity index (χ0v) is 12.3. The number of aliphatic hydroxyl groups excluding tert-OH is 1. The molecule has 0 saturated heterocycles. The molecule has 0 unspecified atom stereocenters. The van der Waals surface area contributed by atoms with Crippen molar-refractivity contribution in [2.24, 2.45) is 0 Å². The number of carbonyl (C=O) groups is 1. The molecular formula is C17H24N2O2. The van der Waals surface area contributed by atoms with E-state index in [0.29, 0.717) is 13.0 Å². The molecule has 2 amide bonds. The number of nitrogens with one attached hydrogen (secondary N) is 2. The summed E-state index contributed by atoms with van der Waals surface area (Å²) in [6.45, 7) is 0.687. The average Bonchev–Trinajstić information content (AvgIpc) is 2.75. The van der Waals surface area contributed by atoms with Crippen LogP contribution in [0.3, 0.4) is 0 Å². The van der Waals surface area contributed by atoms with Gasteiger partial charge in [-0.15, -0.1) is 0 Å². The minimum Gasteiger partial charge on any atom is -0.396 e. The highest BCUT2D eigenvalue weighted by molar-refractivity contribution is 5.74. The second-order valence-electron chi connectivity index (χ2n) is 5.44. The first-order chi connectivity index (χ1) is 10.3. The number of carbonyl (C=O) groups excluding carboxylic acids is 1. The summed E-state index contributed by atoms with van der Waals surface area (Å²) in [5.74, 6) is 0. The molecule has 0 aromatic heterocycles. The van der Waals surface area contributed by atoms with E-state index < -0.39 is 0 Å². The van der Waals surface area contributed by atoms with Crippen LogP contribution in [0.25, 0.3) is 0 Å². The monoisotopic (exact) mass is 288 g/mol. The molecule has 0 atom stereocenters. The number of urea groups is 1. The molecule has 2 rings (SSSR count). The minimum atomic E-state index is -0.0960. The van der Waals surface area contributed by atoms with E-state index in [-0.39, 0.29) is 18.7 Å². The lowest BCUT2D eigenvalue weighted by Gasteiger charge is -2.16. The number of amides is 2. The molecule has 0 aliphatic heterocycles. The summed E-state index contributed by atoms with van der Waals surface area (Å²) in [6.07, 6.45) is 9.15. The normalized spacial score (nSPS) is 15.5. The fourth-order valence-corrected chi connectivity index (χ4v) is 2.49. The number of rotatable bonds is 5. The summed E-state index contributed by atoms with van der Waals surface area (Å²) in [5, 5.41) is 14.8. The topological polar surface area (TPSA) is 61.4 Å². The third-order valence-electron chi connectivity index (χ3n) is 3.74. The van der Waals surface area contributed by atoms with Gasteiger partial charge >= 0.3 is 6.03 Å². The van der Waals surface area contributed by atoms with Crippen LogP contribution in [0, 0.1) is 0 Å². The molecule has 3 N–H and O–H groups in total. The van der Waals surface area contributed by atoms with Crippen LogP contribution in [-0.4, -0.2) is 23.8 Å². The van der Waals surface area contributed by atoms with Crippen molar-refractivity contribution in [2.45, 2.75) is 44.7 Å². The summed E-state index contributed by atoms with van der Waals surface area (Å²) in [6, 6.07) is 8.12. The maximum Gasteiger partial charge on any atom is 0.315 e. The van der Waals surface area contributed by atoms with Crippen molar-refractivity contribution in [1.29, 1.82) is 0 Å². The predicted octanol–water partition coefficient (Wildman–Crippen LogP) is 2.52. The molecule has 0 spiro atoms. The molecule has 0 heterocycles. The van der Waals surface area contributed by atoms with E-state index in [1.54, 1.807) is 0 Å². The number of aliphatic hydroxyl groups is 1. The maximum atomic E-state index is 11.9. The van der Waals surface area contributed by atoms with Crippen molar-refractivity contribution in [3.63, 3.8) is 0 Å². The van der Waals surface area contributed by atoms with Crippen LogP contribution in [0.4, 0.5) is 4.79 Å². The molecule has 21 heavy (non-hydrogen) atoms. The molecular weight excluding hydrogens is 264 g/mol. The number of benzene rings is 1. The third kappa shape index (κ3) is 5.60. The standard InChI is InChI=1S/C17H24N2O2/c20-12-11-14-7-9-15(10-8-14)13-18-17(21)19-16-5-3-1-2-4-6-16/h1-2,7-10,16,20H,3-6,11-13H2,(H2,18,19,21). The largest absolute Gasteiger partial charge is 0.396 e. The third-order valence-corrected chi connectivity index (χ3v) is 3.74. The highest BCUT2D eigenvalue weighted by Crippen LogP contribution is 2.11. The Kier molecular flexibility index (Phi) is 6.28. The van der Waals surface area contributed by atoms with E-state index in [2.05, 4.69) is 22.8 Å². The van der Waals surface area contributed by atoms with Crippen LogP contribution in [0.2, 0.25) is 0 Å². The Morgan fingerprint density at radius 3 is 2.33 bits per heavy atom. The predicted molar refractivity (Wildman–Crippen MR) is 84.0 cm³/mol. The quantitative estimate of drug-likeness (QED) is 0.729. The Morgan fingerprint density at radius 1 is 1.10 bits per heavy atom. The summed E-state index contributed by atoms with van der Waals surface area (Å²) >= 11 is 0. The van der Waals surface area contributed by atoms with Gasteiger partial charge in [-0.25, -0.2) is 4.79 Å². The lowest BCUT2D eigenvalue weighted by molar-refractivity contribution is 0.235. The summed E-state index contributed by atoms with van der Waals surface area (Å²) in [4.78, 5) is 11.9. The van der Waals surface area contributed by atoms with Crippen molar-refractivity contribution in [2.75, 3.05) is 6.61 Å². The molecule has 0 bridgehead atoms. The molecule has 0 saturated carbocycles. The van der Waals surface area contributed by atoms with Gasteiger partial charge < -0.3 is 15.7 Å². The van der Waals surface area contributed by atoms with Crippen molar-refractivity contribution < 1.29 is 9.90 Å². The summed E-state index contributed by atoms with van der Waals surface area (Å²) < 4.78 is 0. The molecule has 0 fully saturated rings. The SMILES string of the molecule is O=C(NCc1ccc(CCO)cc1)NC1CCC=CCC1. The molecule has 1 aromatic carbocycles. The Morgan fingerprint density at radius 2 is 1.71 bits per heavy atom. The molecule has 1 aromatic rings. The molecule has 1 aliphatic carbocycles. The zero-order valence-electron chi connectivity index (χ0n) is 12.3. The van der Waals surface area contributed by atoms with Gasteiger partial charge in [0.25, 0.3) is 0 Å². The van der Waals surface area contributed by atoms with Gasteiger partial charge in [-0.05, 0) is 43.2 Å². The fraction of sp³-hybridized carbons (Fsp3) is 0.471. The Balaban J connectivity index is 1.72. The van der Waals surface area contributed by atoms with Crippen molar-refractivity contribution >= 4 is 6.03 Å². The molecule has 4 nitrogen and oxygen atoms in total. The molecule has 4 heteroatoms. The van der Waals surface area contributed by atoms with Gasteiger partial charge in [-0.2, -0.15) is 0 Å². The van der Waals surface area contributed by atoms with Gasteiger partial charge in [0.1, 0.15) is 0 Å². The Bertz CT molecular complexity index is 458. The first-order valence-electron chi connectivity index (χ1n) is 7.66. The Labute approximate surface area is 126 Å². The van der Waals surface area contributed by atoms with Crippen molar-refractivity contribution in [3.05, 3.63) is 47.5 Å². The number of hydrogen-bond acceptors (Lipinski definition) is 2. The van der Waals surface area contributed by atoms with E-state index in [9.17, 15) is 4.79 Å². The first-order valence-corrected chi connectivity index (χ1v) is 7.66. The van der Waals surface area contributed by atoms with Gasteiger partial charge in [0.15, 0.2) is 0 Å². The lowest BCUT2D eigenvalue weighted by atomic mass is 10.1. The van der Waals surface area contributed by atoms with E-state index in [1.165, 1.54) is 0 Å². The van der Waals surface area contributed by atoms with Crippen molar-refractivity contribution in [3.8, 4) is 0 Å². The van der Waals surface area contributed by atoms with E-state index in [0.717, 1.165) is 36.8 Å². The smallest absolute Gasteiger partial charge is 0.315 e. The lowest BCUT2D eigenvalue weighted by Crippen LogP contribution is -2.41. The van der Waals surface area contributed by atoms with Gasteiger partial charge in [-0.3, -0.25) is 0 Å². The fourth-order valence-electron chi connectivity index (χ4n) is 2.49. The van der Waals surface area contributed by atoms with E-state index in [1.807, 2.05) is 24.3 Å².